The van der Waals surface area contributed by atoms with Crippen molar-refractivity contribution in [2.45, 2.75) is 37.5 Å². The normalized spacial score (nSPS) is 18.0. The number of hydrogen-bond acceptors (Lipinski definition) is 3. The highest BCUT2D eigenvalue weighted by Crippen LogP contribution is 2.25. The van der Waals surface area contributed by atoms with Gasteiger partial charge in [0.15, 0.2) is 6.54 Å². The van der Waals surface area contributed by atoms with Gasteiger partial charge in [0.1, 0.15) is 0 Å². The summed E-state index contributed by atoms with van der Waals surface area (Å²) in [6, 6.07) is 13.3. The van der Waals surface area contributed by atoms with Gasteiger partial charge in [0, 0.05) is 5.69 Å². The minimum Gasteiger partial charge on any atom is -0.325 e. The number of amides is 1. The summed E-state index contributed by atoms with van der Waals surface area (Å²) in [7, 11) is -3.48. The Balaban J connectivity index is 1.34. The van der Waals surface area contributed by atoms with Crippen LogP contribution in [-0.2, 0) is 27.7 Å². The Bertz CT molecular complexity index is 1030. The van der Waals surface area contributed by atoms with E-state index >= 15 is 0 Å². The quantitative estimate of drug-likeness (QED) is 0.756. The molecule has 2 aliphatic rings. The van der Waals surface area contributed by atoms with Gasteiger partial charge in [-0.1, -0.05) is 24.3 Å². The fourth-order valence-corrected chi connectivity index (χ4v) is 5.87. The molecule has 160 valence electrons. The molecule has 1 fully saturated rings. The molecule has 2 aromatic rings. The maximum atomic E-state index is 13.1. The van der Waals surface area contributed by atoms with E-state index in [0.29, 0.717) is 37.6 Å². The van der Waals surface area contributed by atoms with Crippen molar-refractivity contribution in [3.63, 3.8) is 0 Å². The van der Waals surface area contributed by atoms with Crippen molar-refractivity contribution in [3.8, 4) is 0 Å². The Morgan fingerprint density at radius 1 is 1.03 bits per heavy atom. The Morgan fingerprint density at radius 3 is 2.47 bits per heavy atom. The summed E-state index contributed by atoms with van der Waals surface area (Å²) in [5, 5.41) is 2.96. The molecule has 0 spiro atoms. The molecule has 1 aliphatic heterocycles. The summed E-state index contributed by atoms with van der Waals surface area (Å²) < 4.78 is 27.8. The number of nitrogens with one attached hydrogen (secondary N) is 2. The summed E-state index contributed by atoms with van der Waals surface area (Å²) in [5.41, 5.74) is 4.32. The number of rotatable bonds is 5. The number of anilines is 1. The van der Waals surface area contributed by atoms with Crippen molar-refractivity contribution >= 4 is 21.6 Å². The van der Waals surface area contributed by atoms with Gasteiger partial charge in [-0.05, 0) is 67.5 Å². The average Bonchev–Trinajstić information content (AvgIpc) is 2.75. The highest BCUT2D eigenvalue weighted by molar-refractivity contribution is 7.89. The van der Waals surface area contributed by atoms with Gasteiger partial charge in [0.2, 0.25) is 10.0 Å². The Hall–Kier alpha value is -2.22. The monoisotopic (exact) mass is 428 g/mol. The molecule has 4 rings (SSSR count). The largest absolute Gasteiger partial charge is 0.325 e. The molecule has 0 saturated carbocycles. The molecule has 6 nitrogen and oxygen atoms in total. The summed E-state index contributed by atoms with van der Waals surface area (Å²) in [6.45, 7) is 4.45. The highest BCUT2D eigenvalue weighted by Gasteiger charge is 2.31. The molecule has 1 heterocycles. The Morgan fingerprint density at radius 2 is 1.73 bits per heavy atom. The molecule has 1 aliphatic carbocycles. The molecule has 1 saturated heterocycles. The van der Waals surface area contributed by atoms with Gasteiger partial charge in [0.25, 0.3) is 5.91 Å². The van der Waals surface area contributed by atoms with E-state index in [2.05, 4.69) is 5.32 Å². The third kappa shape index (κ3) is 4.58. The number of quaternary nitrogens is 1. The molecular formula is C23H30N3O3S+. The first-order chi connectivity index (χ1) is 14.4. The first-order valence-electron chi connectivity index (χ1n) is 10.7. The first-order valence-corrected chi connectivity index (χ1v) is 12.2. The second-order valence-electron chi connectivity index (χ2n) is 8.33. The minimum absolute atomic E-state index is 0.0368. The van der Waals surface area contributed by atoms with E-state index in [0.717, 1.165) is 35.4 Å². The zero-order valence-electron chi connectivity index (χ0n) is 17.5. The second-order valence-corrected chi connectivity index (χ2v) is 10.3. The van der Waals surface area contributed by atoms with Crippen molar-refractivity contribution in [3.05, 3.63) is 59.2 Å². The van der Waals surface area contributed by atoms with Crippen LogP contribution in [0.4, 0.5) is 5.69 Å². The lowest BCUT2D eigenvalue weighted by atomic mass is 9.92. The van der Waals surface area contributed by atoms with Crippen LogP contribution in [0, 0.1) is 6.92 Å². The summed E-state index contributed by atoms with van der Waals surface area (Å²) in [4.78, 5) is 13.9. The molecular weight excluding hydrogens is 398 g/mol. The van der Waals surface area contributed by atoms with Gasteiger partial charge < -0.3 is 10.2 Å². The molecule has 30 heavy (non-hydrogen) atoms. The van der Waals surface area contributed by atoms with E-state index in [1.165, 1.54) is 17.5 Å². The van der Waals surface area contributed by atoms with Gasteiger partial charge in [-0.25, -0.2) is 8.42 Å². The SMILES string of the molecule is Cc1ccccc1NC(=O)C[NH+]1CCN(S(=O)(=O)c2ccc3c(c2)CCCC3)CC1. The smallest absolute Gasteiger partial charge is 0.279 e. The number of sulfonamides is 1. The number of carbonyl (C=O) groups is 1. The Kier molecular flexibility index (Phi) is 6.22. The van der Waals surface area contributed by atoms with Crippen LogP contribution in [0.3, 0.4) is 0 Å². The lowest BCUT2D eigenvalue weighted by Crippen LogP contribution is -3.15. The van der Waals surface area contributed by atoms with E-state index < -0.39 is 10.0 Å². The van der Waals surface area contributed by atoms with Crippen molar-refractivity contribution in [1.82, 2.24) is 4.31 Å². The molecule has 1 amide bonds. The number of fused-ring (bicyclic) bond motifs is 1. The topological polar surface area (TPSA) is 70.9 Å². The van der Waals surface area contributed by atoms with Crippen LogP contribution in [0.25, 0.3) is 0 Å². The van der Waals surface area contributed by atoms with Crippen LogP contribution in [0.5, 0.6) is 0 Å². The van der Waals surface area contributed by atoms with Gasteiger partial charge in [-0.3, -0.25) is 4.79 Å². The zero-order valence-corrected chi connectivity index (χ0v) is 18.3. The van der Waals surface area contributed by atoms with E-state index in [1.54, 1.807) is 10.4 Å². The van der Waals surface area contributed by atoms with Crippen LogP contribution >= 0.6 is 0 Å². The third-order valence-corrected chi connectivity index (χ3v) is 8.11. The Labute approximate surface area is 178 Å². The molecule has 0 radical (unpaired) electrons. The van der Waals surface area contributed by atoms with E-state index in [1.807, 2.05) is 43.3 Å². The molecule has 0 bridgehead atoms. The van der Waals surface area contributed by atoms with E-state index in [-0.39, 0.29) is 5.91 Å². The summed E-state index contributed by atoms with van der Waals surface area (Å²) >= 11 is 0. The molecule has 2 N–H and O–H groups in total. The van der Waals surface area contributed by atoms with Crippen LogP contribution in [0.15, 0.2) is 47.4 Å². The highest BCUT2D eigenvalue weighted by atomic mass is 32.2. The molecule has 2 aromatic carbocycles. The fourth-order valence-electron chi connectivity index (χ4n) is 4.37. The van der Waals surface area contributed by atoms with Gasteiger partial charge in [0.05, 0.1) is 31.1 Å². The van der Waals surface area contributed by atoms with E-state index in [9.17, 15) is 13.2 Å². The second kappa shape index (κ2) is 8.88. The molecule has 7 heteroatoms. The molecule has 0 atom stereocenters. The number of benzene rings is 2. The van der Waals surface area contributed by atoms with Gasteiger partial charge >= 0.3 is 0 Å². The predicted molar refractivity (Wildman–Crippen MR) is 117 cm³/mol. The molecule has 0 unspecified atom stereocenters. The number of para-hydroxylation sites is 1. The van der Waals surface area contributed by atoms with E-state index in [4.69, 9.17) is 0 Å². The van der Waals surface area contributed by atoms with Gasteiger partial charge in [-0.2, -0.15) is 4.31 Å². The number of carbonyl (C=O) groups excluding carboxylic acids is 1. The van der Waals surface area contributed by atoms with Crippen LogP contribution in [0.1, 0.15) is 29.5 Å². The number of piperazine rings is 1. The van der Waals surface area contributed by atoms with Crippen LogP contribution in [0.2, 0.25) is 0 Å². The van der Waals surface area contributed by atoms with Crippen LogP contribution in [-0.4, -0.2) is 51.4 Å². The lowest BCUT2D eigenvalue weighted by Gasteiger charge is -2.31. The van der Waals surface area contributed by atoms with Crippen LogP contribution < -0.4 is 10.2 Å². The van der Waals surface area contributed by atoms with Crippen molar-refractivity contribution < 1.29 is 18.1 Å². The summed E-state index contributed by atoms with van der Waals surface area (Å²) in [5.74, 6) is -0.0368. The minimum atomic E-state index is -3.48. The summed E-state index contributed by atoms with van der Waals surface area (Å²) in [6.07, 6.45) is 4.32. The van der Waals surface area contributed by atoms with Gasteiger partial charge in [-0.15, -0.1) is 0 Å². The van der Waals surface area contributed by atoms with Crippen molar-refractivity contribution in [2.24, 2.45) is 0 Å². The lowest BCUT2D eigenvalue weighted by molar-refractivity contribution is -0.895. The zero-order chi connectivity index (χ0) is 21.1. The van der Waals surface area contributed by atoms with Crippen molar-refractivity contribution in [2.75, 3.05) is 38.0 Å². The fraction of sp³-hybridized carbons (Fsp3) is 0.435. The molecule has 0 aromatic heterocycles. The third-order valence-electron chi connectivity index (χ3n) is 6.22. The average molecular weight is 429 g/mol. The maximum Gasteiger partial charge on any atom is 0.279 e. The predicted octanol–water partition coefficient (Wildman–Crippen LogP) is 1.40. The first kappa shape index (κ1) is 21.0. The number of hydrogen-bond donors (Lipinski definition) is 2. The maximum absolute atomic E-state index is 13.1. The number of aryl methyl sites for hydroxylation is 3. The standard InChI is InChI=1S/C23H29N3O3S/c1-18-6-2-5-9-22(18)24-23(27)17-25-12-14-26(15-13-25)30(28,29)21-11-10-19-7-3-4-8-20(19)16-21/h2,5-6,9-11,16H,3-4,7-8,12-15,17H2,1H3,(H,24,27)/p+1. The van der Waals surface area contributed by atoms with Crippen molar-refractivity contribution in [1.29, 1.82) is 0 Å². The number of nitrogens with zero attached hydrogens (tertiary/aromatic N) is 1.